The van der Waals surface area contributed by atoms with Gasteiger partial charge in [-0.1, -0.05) is 36.4 Å². The van der Waals surface area contributed by atoms with Crippen molar-refractivity contribution in [2.24, 2.45) is 16.5 Å². The Labute approximate surface area is 193 Å². The molecule has 4 N–H and O–H groups in total. The third-order valence-corrected chi connectivity index (χ3v) is 5.33. The van der Waals surface area contributed by atoms with Gasteiger partial charge in [-0.25, -0.2) is 24.9 Å². The minimum absolute atomic E-state index is 0.303. The lowest BCUT2D eigenvalue weighted by Crippen LogP contribution is -2.34. The van der Waals surface area contributed by atoms with E-state index >= 15 is 0 Å². The average Bonchev–Trinajstić information content (AvgIpc) is 2.83. The second-order valence-corrected chi connectivity index (χ2v) is 7.98. The van der Waals surface area contributed by atoms with Crippen molar-refractivity contribution in [2.45, 2.75) is 25.7 Å². The summed E-state index contributed by atoms with van der Waals surface area (Å²) in [5.74, 6) is 3.46. The first-order valence-electron chi connectivity index (χ1n) is 11.0. The van der Waals surface area contributed by atoms with Gasteiger partial charge in [-0.2, -0.15) is 0 Å². The van der Waals surface area contributed by atoms with Crippen molar-refractivity contribution in [3.8, 4) is 0 Å². The number of nitrogens with zero attached hydrogens (tertiary/aromatic N) is 6. The van der Waals surface area contributed by atoms with E-state index in [-0.39, 0.29) is 0 Å². The Balaban J connectivity index is 1.59. The fraction of sp³-hybridized carbons (Fsp3) is 0.240. The second-order valence-electron chi connectivity index (χ2n) is 7.98. The van der Waals surface area contributed by atoms with Crippen LogP contribution in [0.3, 0.4) is 0 Å². The maximum Gasteiger partial charge on any atom is 0.160 e. The summed E-state index contributed by atoms with van der Waals surface area (Å²) in [7, 11) is 0. The van der Waals surface area contributed by atoms with Crippen LogP contribution in [0.4, 0.5) is 11.6 Å². The van der Waals surface area contributed by atoms with E-state index in [1.165, 1.54) is 0 Å². The van der Waals surface area contributed by atoms with Crippen LogP contribution >= 0.6 is 0 Å². The number of amidine groups is 1. The first kappa shape index (κ1) is 22.1. The van der Waals surface area contributed by atoms with E-state index in [0.29, 0.717) is 29.1 Å². The number of benzene rings is 1. The van der Waals surface area contributed by atoms with Crippen molar-refractivity contribution in [1.82, 2.24) is 19.9 Å². The summed E-state index contributed by atoms with van der Waals surface area (Å²) in [6, 6.07) is 13.8. The third-order valence-electron chi connectivity index (χ3n) is 5.33. The van der Waals surface area contributed by atoms with Gasteiger partial charge in [0.15, 0.2) is 11.6 Å². The Hall–Kier alpha value is -4.07. The van der Waals surface area contributed by atoms with Gasteiger partial charge in [0.05, 0.1) is 0 Å². The number of anilines is 1. The number of rotatable bonds is 6. The van der Waals surface area contributed by atoms with Gasteiger partial charge in [-0.05, 0) is 43.5 Å². The molecular formula is C25H28N8. The molecule has 2 aromatic heterocycles. The minimum Gasteiger partial charge on any atom is -0.402 e. The van der Waals surface area contributed by atoms with Crippen LogP contribution in [0.5, 0.6) is 0 Å². The van der Waals surface area contributed by atoms with Gasteiger partial charge in [0.2, 0.25) is 0 Å². The standard InChI is InChI=1S/C25H28N8/c1-18(26)16-21(27)30-23-17-24(32-22(31-23)9-8-19-6-3-2-4-7-19)33-14-10-20(11-15-33)25-28-12-5-13-29-25/h2-9,12-13,16-17,20H,10-11,14-15,26H2,1H3,(H2,27,30,31,32)/b9-8+,18-16-. The largest absolute Gasteiger partial charge is 0.402 e. The molecule has 0 radical (unpaired) electrons. The molecule has 3 aromatic rings. The Morgan fingerprint density at radius 3 is 2.42 bits per heavy atom. The number of aromatic nitrogens is 4. The molecule has 3 heterocycles. The highest BCUT2D eigenvalue weighted by molar-refractivity contribution is 5.93. The van der Waals surface area contributed by atoms with Crippen molar-refractivity contribution < 1.29 is 0 Å². The quantitative estimate of drug-likeness (QED) is 0.443. The molecule has 1 aromatic carbocycles. The van der Waals surface area contributed by atoms with Gasteiger partial charge in [0, 0.05) is 43.2 Å². The summed E-state index contributed by atoms with van der Waals surface area (Å²) < 4.78 is 0. The molecule has 0 saturated carbocycles. The second kappa shape index (κ2) is 10.5. The summed E-state index contributed by atoms with van der Waals surface area (Å²) in [6.45, 7) is 3.47. The van der Waals surface area contributed by atoms with Crippen molar-refractivity contribution in [1.29, 1.82) is 0 Å². The molecule has 0 spiro atoms. The van der Waals surface area contributed by atoms with E-state index < -0.39 is 0 Å². The van der Waals surface area contributed by atoms with Crippen LogP contribution in [0.15, 0.2) is 71.6 Å². The zero-order valence-electron chi connectivity index (χ0n) is 18.7. The maximum atomic E-state index is 6.02. The summed E-state index contributed by atoms with van der Waals surface area (Å²) in [5.41, 5.74) is 13.4. The molecule has 1 aliphatic heterocycles. The lowest BCUT2D eigenvalue weighted by atomic mass is 9.96. The molecule has 8 heteroatoms. The normalized spacial score (nSPS) is 15.8. The van der Waals surface area contributed by atoms with Crippen LogP contribution in [0.1, 0.15) is 42.9 Å². The van der Waals surface area contributed by atoms with Gasteiger partial charge in [0.1, 0.15) is 17.5 Å². The highest BCUT2D eigenvalue weighted by Crippen LogP contribution is 2.29. The number of hydrogen-bond donors (Lipinski definition) is 2. The van der Waals surface area contributed by atoms with E-state index in [0.717, 1.165) is 43.1 Å². The summed E-state index contributed by atoms with van der Waals surface area (Å²) in [4.78, 5) is 24.9. The minimum atomic E-state index is 0.303. The summed E-state index contributed by atoms with van der Waals surface area (Å²) in [6.07, 6.45) is 11.0. The molecule has 0 amide bonds. The Kier molecular flexibility index (Phi) is 7.04. The van der Waals surface area contributed by atoms with E-state index in [2.05, 4.69) is 24.8 Å². The molecule has 0 unspecified atom stereocenters. The van der Waals surface area contributed by atoms with Crippen LogP contribution in [0.2, 0.25) is 0 Å². The van der Waals surface area contributed by atoms with Crippen LogP contribution in [-0.4, -0.2) is 38.9 Å². The van der Waals surface area contributed by atoms with Crippen molar-refractivity contribution in [3.05, 3.63) is 83.8 Å². The van der Waals surface area contributed by atoms with Crippen LogP contribution in [-0.2, 0) is 0 Å². The topological polar surface area (TPSA) is 119 Å². The fourth-order valence-electron chi connectivity index (χ4n) is 3.75. The molecule has 1 aliphatic rings. The lowest BCUT2D eigenvalue weighted by Gasteiger charge is -2.32. The Morgan fingerprint density at radius 1 is 1.00 bits per heavy atom. The molecule has 1 fully saturated rings. The zero-order chi connectivity index (χ0) is 23.0. The van der Waals surface area contributed by atoms with Crippen LogP contribution in [0, 0.1) is 0 Å². The van der Waals surface area contributed by atoms with Crippen molar-refractivity contribution >= 4 is 29.6 Å². The number of aliphatic imine (C=N–C) groups is 1. The van der Waals surface area contributed by atoms with E-state index in [1.54, 1.807) is 25.4 Å². The Bertz CT molecular complexity index is 1140. The Morgan fingerprint density at radius 2 is 1.73 bits per heavy atom. The molecule has 1 saturated heterocycles. The molecule has 0 aliphatic carbocycles. The lowest BCUT2D eigenvalue weighted by molar-refractivity contribution is 0.483. The number of hydrogen-bond acceptors (Lipinski definition) is 7. The zero-order valence-corrected chi connectivity index (χ0v) is 18.7. The molecule has 8 nitrogen and oxygen atoms in total. The van der Waals surface area contributed by atoms with Crippen LogP contribution in [0.25, 0.3) is 12.2 Å². The smallest absolute Gasteiger partial charge is 0.160 e. The predicted octanol–water partition coefficient (Wildman–Crippen LogP) is 3.67. The molecule has 168 valence electrons. The highest BCUT2D eigenvalue weighted by atomic mass is 15.2. The molecule has 0 bridgehead atoms. The van der Waals surface area contributed by atoms with Gasteiger partial charge in [-0.15, -0.1) is 0 Å². The predicted molar refractivity (Wildman–Crippen MR) is 133 cm³/mol. The third kappa shape index (κ3) is 6.22. The average molecular weight is 441 g/mol. The number of allylic oxidation sites excluding steroid dienone is 1. The highest BCUT2D eigenvalue weighted by Gasteiger charge is 2.23. The van der Waals surface area contributed by atoms with E-state index in [4.69, 9.17) is 16.5 Å². The van der Waals surface area contributed by atoms with Crippen molar-refractivity contribution in [3.63, 3.8) is 0 Å². The van der Waals surface area contributed by atoms with Gasteiger partial charge >= 0.3 is 0 Å². The summed E-state index contributed by atoms with van der Waals surface area (Å²) >= 11 is 0. The first-order chi connectivity index (χ1) is 16.1. The molecular weight excluding hydrogens is 412 g/mol. The SMILES string of the molecule is C/C(N)=C/C(N)=Nc1cc(N2CCC(c3ncccn3)CC2)nc(/C=C/c2ccccc2)n1. The molecule has 33 heavy (non-hydrogen) atoms. The first-order valence-corrected chi connectivity index (χ1v) is 11.0. The van der Waals surface area contributed by atoms with Crippen LogP contribution < -0.4 is 16.4 Å². The monoisotopic (exact) mass is 440 g/mol. The van der Waals surface area contributed by atoms with Gasteiger partial charge < -0.3 is 16.4 Å². The maximum absolute atomic E-state index is 6.02. The van der Waals surface area contributed by atoms with Crippen molar-refractivity contribution in [2.75, 3.05) is 18.0 Å². The fourth-order valence-corrected chi connectivity index (χ4v) is 3.75. The summed E-state index contributed by atoms with van der Waals surface area (Å²) in [5, 5.41) is 0. The molecule has 0 atom stereocenters. The van der Waals surface area contributed by atoms with Gasteiger partial charge in [0.25, 0.3) is 0 Å². The van der Waals surface area contributed by atoms with E-state index in [9.17, 15) is 0 Å². The molecule has 4 rings (SSSR count). The number of nitrogens with two attached hydrogens (primary N) is 2. The van der Waals surface area contributed by atoms with E-state index in [1.807, 2.05) is 54.6 Å². The van der Waals surface area contributed by atoms with Gasteiger partial charge in [-0.3, -0.25) is 0 Å². The number of piperidine rings is 1.